The number of amides is 1. The molecule has 0 radical (unpaired) electrons. The first kappa shape index (κ1) is 34.4. The van der Waals surface area contributed by atoms with Gasteiger partial charge in [-0.2, -0.15) is 39.5 Å². The molecule has 1 fully saturated rings. The van der Waals surface area contributed by atoms with Crippen molar-refractivity contribution in [1.29, 1.82) is 0 Å². The Labute approximate surface area is 253 Å². The lowest BCUT2D eigenvalue weighted by molar-refractivity contribution is -0.147. The Morgan fingerprint density at radius 1 is 0.978 bits per heavy atom. The molecule has 1 amide bonds. The minimum atomic E-state index is -5.11. The summed E-state index contributed by atoms with van der Waals surface area (Å²) in [7, 11) is 1.23. The van der Waals surface area contributed by atoms with Crippen molar-refractivity contribution < 1.29 is 58.2 Å². The number of halogens is 10. The summed E-state index contributed by atoms with van der Waals surface area (Å²) in [6.07, 6.45) is -16.2. The number of alkyl halides is 9. The van der Waals surface area contributed by atoms with Crippen molar-refractivity contribution in [2.24, 2.45) is 5.41 Å². The molecule has 14 heteroatoms. The third-order valence-electron chi connectivity index (χ3n) is 8.46. The van der Waals surface area contributed by atoms with Crippen molar-refractivity contribution in [3.63, 3.8) is 0 Å². The highest BCUT2D eigenvalue weighted by atomic mass is 19.4. The highest BCUT2D eigenvalue weighted by Gasteiger charge is 2.45. The first-order valence-electron chi connectivity index (χ1n) is 14.0. The summed E-state index contributed by atoms with van der Waals surface area (Å²) in [5, 5.41) is 0. The molecule has 0 N–H and O–H groups in total. The van der Waals surface area contributed by atoms with Gasteiger partial charge in [-0.25, -0.2) is 9.18 Å². The van der Waals surface area contributed by atoms with Crippen LogP contribution in [0.4, 0.5) is 48.7 Å². The Morgan fingerprint density at radius 2 is 1.56 bits per heavy atom. The first-order chi connectivity index (χ1) is 20.5. The average molecular weight is 656 g/mol. The summed E-state index contributed by atoms with van der Waals surface area (Å²) < 4.78 is 147. The van der Waals surface area contributed by atoms with E-state index in [0.29, 0.717) is 42.5 Å². The standard InChI is InChI=1S/C31H31F10NO3/c1-15(29(33,34)35)22-11-23(25(44-5)12-24(22)32)21-6-7-28(3,4)13-18(21)14-42-16(2)26(45-27(42)43)17-8-19(30(36,37)38)10-20(9-17)31(39,40)41/h8-12,15-16,26H,6-7,13-14H2,1-5H3/t15?,16-,26-/m0/s1. The van der Waals surface area contributed by atoms with Gasteiger partial charge in [-0.15, -0.1) is 0 Å². The Kier molecular flexibility index (Phi) is 8.97. The number of hydrogen-bond donors (Lipinski definition) is 0. The van der Waals surface area contributed by atoms with Gasteiger partial charge < -0.3 is 9.47 Å². The van der Waals surface area contributed by atoms with E-state index in [2.05, 4.69) is 0 Å². The Hall–Kier alpha value is -3.45. The minimum Gasteiger partial charge on any atom is -0.496 e. The molecular formula is C31H31F10NO3. The van der Waals surface area contributed by atoms with Crippen LogP contribution in [0.5, 0.6) is 5.75 Å². The number of carbonyl (C=O) groups excluding carboxylic acids is 1. The van der Waals surface area contributed by atoms with Crippen LogP contribution < -0.4 is 4.74 Å². The lowest BCUT2D eigenvalue weighted by Gasteiger charge is -2.36. The van der Waals surface area contributed by atoms with Crippen LogP contribution in [-0.4, -0.2) is 36.9 Å². The van der Waals surface area contributed by atoms with Gasteiger partial charge in [0.25, 0.3) is 0 Å². The van der Waals surface area contributed by atoms with Gasteiger partial charge in [0.05, 0.1) is 30.2 Å². The molecule has 0 saturated carbocycles. The van der Waals surface area contributed by atoms with Gasteiger partial charge in [-0.05, 0) is 79.5 Å². The molecule has 0 bridgehead atoms. The third-order valence-corrected chi connectivity index (χ3v) is 8.46. The number of rotatable bonds is 6. The molecule has 45 heavy (non-hydrogen) atoms. The second-order valence-electron chi connectivity index (χ2n) is 12.3. The number of nitrogens with zero attached hydrogens (tertiary/aromatic N) is 1. The van der Waals surface area contributed by atoms with Crippen LogP contribution >= 0.6 is 0 Å². The fourth-order valence-electron chi connectivity index (χ4n) is 5.88. The van der Waals surface area contributed by atoms with E-state index in [1.165, 1.54) is 14.0 Å². The highest BCUT2D eigenvalue weighted by molar-refractivity contribution is 5.77. The fraction of sp³-hybridized carbons (Fsp3) is 0.516. The Balaban J connectivity index is 1.78. The molecule has 0 spiro atoms. The van der Waals surface area contributed by atoms with Crippen molar-refractivity contribution >= 4 is 11.7 Å². The van der Waals surface area contributed by atoms with Crippen molar-refractivity contribution in [3.05, 3.63) is 69.5 Å². The monoisotopic (exact) mass is 655 g/mol. The summed E-state index contributed by atoms with van der Waals surface area (Å²) in [6, 6.07) is 1.91. The zero-order valence-corrected chi connectivity index (χ0v) is 24.9. The number of benzene rings is 2. The lowest BCUT2D eigenvalue weighted by atomic mass is 9.72. The fourth-order valence-corrected chi connectivity index (χ4v) is 5.88. The van der Waals surface area contributed by atoms with Crippen LogP contribution in [0, 0.1) is 11.2 Å². The van der Waals surface area contributed by atoms with Crippen LogP contribution in [0.2, 0.25) is 0 Å². The molecule has 3 atom stereocenters. The number of cyclic esters (lactones) is 1. The molecule has 1 saturated heterocycles. The van der Waals surface area contributed by atoms with E-state index in [4.69, 9.17) is 9.47 Å². The second-order valence-corrected chi connectivity index (χ2v) is 12.3. The van der Waals surface area contributed by atoms with E-state index < -0.39 is 70.8 Å². The topological polar surface area (TPSA) is 38.8 Å². The van der Waals surface area contributed by atoms with Gasteiger partial charge in [0.2, 0.25) is 0 Å². The molecule has 2 aromatic rings. The molecule has 0 aromatic heterocycles. The van der Waals surface area contributed by atoms with E-state index in [-0.39, 0.29) is 29.3 Å². The van der Waals surface area contributed by atoms with Crippen molar-refractivity contribution in [3.8, 4) is 5.75 Å². The predicted molar refractivity (Wildman–Crippen MR) is 144 cm³/mol. The van der Waals surface area contributed by atoms with Gasteiger partial charge in [0, 0.05) is 23.7 Å². The molecule has 2 aromatic carbocycles. The smallest absolute Gasteiger partial charge is 0.416 e. The zero-order valence-electron chi connectivity index (χ0n) is 24.9. The minimum absolute atomic E-state index is 0.0200. The van der Waals surface area contributed by atoms with Gasteiger partial charge in [-0.1, -0.05) is 13.8 Å². The molecule has 1 heterocycles. The average Bonchev–Trinajstić information content (AvgIpc) is 3.19. The largest absolute Gasteiger partial charge is 0.496 e. The number of carbonyl (C=O) groups is 1. The normalized spacial score (nSPS) is 21.7. The van der Waals surface area contributed by atoms with Crippen molar-refractivity contribution in [2.75, 3.05) is 13.7 Å². The summed E-state index contributed by atoms with van der Waals surface area (Å²) >= 11 is 0. The van der Waals surface area contributed by atoms with E-state index in [1.54, 1.807) is 0 Å². The number of ether oxygens (including phenoxy) is 2. The molecular weight excluding hydrogens is 624 g/mol. The van der Waals surface area contributed by atoms with E-state index in [9.17, 15) is 48.7 Å². The molecule has 4 nitrogen and oxygen atoms in total. The van der Waals surface area contributed by atoms with Crippen LogP contribution in [0.25, 0.3) is 5.57 Å². The SMILES string of the molecule is COc1cc(F)c(C(C)C(F)(F)F)cc1C1=C(CN2C(=O)O[C@H](c3cc(C(F)(F)F)cc(C(F)(F)F)c3)[C@@H]2C)CC(C)(C)CC1. The van der Waals surface area contributed by atoms with Crippen molar-refractivity contribution in [2.45, 2.75) is 83.6 Å². The van der Waals surface area contributed by atoms with E-state index >= 15 is 0 Å². The summed E-state index contributed by atoms with van der Waals surface area (Å²) in [5.74, 6) is -3.29. The number of hydrogen-bond acceptors (Lipinski definition) is 3. The van der Waals surface area contributed by atoms with Crippen LogP contribution in [0.15, 0.2) is 35.9 Å². The molecule has 1 aliphatic heterocycles. The highest BCUT2D eigenvalue weighted by Crippen LogP contribution is 2.48. The van der Waals surface area contributed by atoms with Gasteiger partial charge >= 0.3 is 24.6 Å². The summed E-state index contributed by atoms with van der Waals surface area (Å²) in [4.78, 5) is 14.2. The van der Waals surface area contributed by atoms with Gasteiger partial charge in [0.15, 0.2) is 0 Å². The molecule has 1 unspecified atom stereocenters. The Bertz CT molecular complexity index is 1460. The third kappa shape index (κ3) is 7.19. The Morgan fingerprint density at radius 3 is 2.07 bits per heavy atom. The van der Waals surface area contributed by atoms with Gasteiger partial charge in [0.1, 0.15) is 17.7 Å². The summed E-state index contributed by atoms with van der Waals surface area (Å²) in [6.45, 7) is 5.91. The predicted octanol–water partition coefficient (Wildman–Crippen LogP) is 10.1. The van der Waals surface area contributed by atoms with Crippen molar-refractivity contribution in [1.82, 2.24) is 4.90 Å². The first-order valence-corrected chi connectivity index (χ1v) is 14.0. The number of allylic oxidation sites excluding steroid dienone is 1. The molecule has 248 valence electrons. The van der Waals surface area contributed by atoms with Crippen LogP contribution in [-0.2, 0) is 17.1 Å². The van der Waals surface area contributed by atoms with E-state index in [1.807, 2.05) is 13.8 Å². The van der Waals surface area contributed by atoms with Gasteiger partial charge in [-0.3, -0.25) is 4.90 Å². The van der Waals surface area contributed by atoms with Crippen LogP contribution in [0.1, 0.15) is 86.8 Å². The maximum absolute atomic E-state index is 14.8. The maximum Gasteiger partial charge on any atom is 0.416 e. The number of methoxy groups -OCH3 is 1. The summed E-state index contributed by atoms with van der Waals surface area (Å²) in [5.41, 5.74) is -3.29. The van der Waals surface area contributed by atoms with Crippen LogP contribution in [0.3, 0.4) is 0 Å². The molecule has 1 aliphatic carbocycles. The maximum atomic E-state index is 14.8. The molecule has 2 aliphatic rings. The zero-order chi connectivity index (χ0) is 33.9. The second kappa shape index (κ2) is 11.7. The lowest BCUT2D eigenvalue weighted by Crippen LogP contribution is -2.35. The van der Waals surface area contributed by atoms with E-state index in [0.717, 1.165) is 24.0 Å². The quantitative estimate of drug-likeness (QED) is 0.291. The molecule has 4 rings (SSSR count).